The fourth-order valence-electron chi connectivity index (χ4n) is 2.00. The smallest absolute Gasteiger partial charge is 0.340 e. The van der Waals surface area contributed by atoms with E-state index in [0.29, 0.717) is 5.56 Å². The number of hydrogen-bond acceptors (Lipinski definition) is 4. The van der Waals surface area contributed by atoms with Crippen molar-refractivity contribution in [1.82, 2.24) is 0 Å². The lowest BCUT2D eigenvalue weighted by molar-refractivity contribution is -0.148. The van der Waals surface area contributed by atoms with E-state index in [0.717, 1.165) is 0 Å². The Morgan fingerprint density at radius 1 is 1.14 bits per heavy atom. The molecule has 0 bridgehead atoms. The van der Waals surface area contributed by atoms with E-state index in [4.69, 9.17) is 20.0 Å². The van der Waals surface area contributed by atoms with Crippen molar-refractivity contribution >= 4 is 19.5 Å². The Morgan fingerprint density at radius 2 is 1.76 bits per heavy atom. The van der Waals surface area contributed by atoms with Gasteiger partial charge in [-0.15, -0.1) is 0 Å². The number of aryl methyl sites for hydroxylation is 1. The van der Waals surface area contributed by atoms with Gasteiger partial charge >= 0.3 is 19.5 Å². The highest BCUT2D eigenvalue weighted by Crippen LogP contribution is 2.46. The summed E-state index contributed by atoms with van der Waals surface area (Å²) in [6.45, 7) is 0. The lowest BCUT2D eigenvalue weighted by atomic mass is 9.96. The molecule has 0 aliphatic carbocycles. The predicted octanol–water partition coefficient (Wildman–Crippen LogP) is 0.656. The second-order valence-electron chi connectivity index (χ2n) is 4.53. The van der Waals surface area contributed by atoms with Gasteiger partial charge in [-0.25, -0.2) is 0 Å². The highest BCUT2D eigenvalue weighted by atomic mass is 31.2. The highest BCUT2D eigenvalue weighted by molar-refractivity contribution is 7.53. The molecule has 1 aromatic rings. The maximum Gasteiger partial charge on any atom is 0.340 e. The lowest BCUT2D eigenvalue weighted by Crippen LogP contribution is -2.35. The SMILES string of the molecule is O=C(O)C(CCc1cccc(O)c1)C(C(=O)O)P(=O)(O)O. The minimum absolute atomic E-state index is 0.0378. The third-order valence-corrected chi connectivity index (χ3v) is 4.27. The quantitative estimate of drug-likeness (QED) is 0.459. The van der Waals surface area contributed by atoms with Gasteiger partial charge in [-0.1, -0.05) is 12.1 Å². The molecule has 1 aromatic carbocycles. The van der Waals surface area contributed by atoms with E-state index in [2.05, 4.69) is 0 Å². The van der Waals surface area contributed by atoms with E-state index in [-0.39, 0.29) is 18.6 Å². The summed E-state index contributed by atoms with van der Waals surface area (Å²) >= 11 is 0. The van der Waals surface area contributed by atoms with Gasteiger partial charge in [0.1, 0.15) is 5.75 Å². The largest absolute Gasteiger partial charge is 0.508 e. The third kappa shape index (κ3) is 4.86. The molecule has 0 aliphatic rings. The molecule has 0 aliphatic heterocycles. The fraction of sp³-hybridized carbons (Fsp3) is 0.333. The first kappa shape index (κ1) is 17.2. The van der Waals surface area contributed by atoms with Gasteiger partial charge < -0.3 is 25.1 Å². The number of aliphatic carboxylic acids is 2. The number of carboxylic acids is 2. The van der Waals surface area contributed by atoms with Crippen molar-refractivity contribution in [2.45, 2.75) is 18.5 Å². The van der Waals surface area contributed by atoms with Gasteiger partial charge in [-0.05, 0) is 30.5 Å². The van der Waals surface area contributed by atoms with Crippen LogP contribution in [0.1, 0.15) is 12.0 Å². The van der Waals surface area contributed by atoms with Crippen LogP contribution in [-0.4, -0.2) is 42.7 Å². The van der Waals surface area contributed by atoms with Crippen LogP contribution in [0.5, 0.6) is 5.75 Å². The van der Waals surface area contributed by atoms with Crippen LogP contribution in [0.2, 0.25) is 0 Å². The predicted molar refractivity (Wildman–Crippen MR) is 71.0 cm³/mol. The minimum Gasteiger partial charge on any atom is -0.508 e. The Labute approximate surface area is 119 Å². The van der Waals surface area contributed by atoms with Crippen LogP contribution < -0.4 is 0 Å². The number of phenolic OH excluding ortho intramolecular Hbond substituents is 1. The second kappa shape index (κ2) is 6.71. The molecule has 9 heteroatoms. The van der Waals surface area contributed by atoms with Gasteiger partial charge in [-0.3, -0.25) is 14.2 Å². The number of carbonyl (C=O) groups is 2. The molecule has 1 rings (SSSR count). The second-order valence-corrected chi connectivity index (χ2v) is 6.26. The van der Waals surface area contributed by atoms with Crippen molar-refractivity contribution in [3.8, 4) is 5.75 Å². The van der Waals surface area contributed by atoms with Gasteiger partial charge in [-0.2, -0.15) is 0 Å². The van der Waals surface area contributed by atoms with E-state index < -0.39 is 31.1 Å². The van der Waals surface area contributed by atoms with E-state index in [9.17, 15) is 19.3 Å². The molecule has 2 atom stereocenters. The van der Waals surface area contributed by atoms with E-state index in [1.807, 2.05) is 0 Å². The summed E-state index contributed by atoms with van der Waals surface area (Å²) in [5.74, 6) is -5.22. The summed E-state index contributed by atoms with van der Waals surface area (Å²) < 4.78 is 11.2. The highest BCUT2D eigenvalue weighted by Gasteiger charge is 2.45. The first-order chi connectivity index (χ1) is 9.62. The Morgan fingerprint density at radius 3 is 2.19 bits per heavy atom. The average molecular weight is 318 g/mol. The van der Waals surface area contributed by atoms with E-state index in [1.165, 1.54) is 18.2 Å². The van der Waals surface area contributed by atoms with Gasteiger partial charge in [0.25, 0.3) is 0 Å². The summed E-state index contributed by atoms with van der Waals surface area (Å²) in [5.41, 5.74) is -1.76. The fourth-order valence-corrected chi connectivity index (χ4v) is 3.03. The first-order valence-electron chi connectivity index (χ1n) is 5.91. The standard InChI is InChI=1S/C12H15O8P/c13-8-3-1-2-7(6-8)4-5-9(11(14)15)10(12(16)17)21(18,19)20/h1-3,6,9-10,13H,4-5H2,(H,14,15)(H,16,17)(H2,18,19,20). The number of aromatic hydroxyl groups is 1. The number of benzene rings is 1. The summed E-state index contributed by atoms with van der Waals surface area (Å²) in [4.78, 5) is 40.2. The molecule has 0 heterocycles. The van der Waals surface area contributed by atoms with Crippen LogP contribution in [0.15, 0.2) is 24.3 Å². The van der Waals surface area contributed by atoms with Gasteiger partial charge in [0.15, 0.2) is 5.66 Å². The monoisotopic (exact) mass is 318 g/mol. The summed E-state index contributed by atoms with van der Waals surface area (Å²) in [7, 11) is -5.10. The molecule has 0 aromatic heterocycles. The number of phenols is 1. The Hall–Kier alpha value is -1.89. The van der Waals surface area contributed by atoms with Crippen LogP contribution in [-0.2, 0) is 20.6 Å². The zero-order chi connectivity index (χ0) is 16.2. The maximum atomic E-state index is 11.2. The third-order valence-electron chi connectivity index (χ3n) is 2.97. The van der Waals surface area contributed by atoms with Crippen molar-refractivity contribution in [3.05, 3.63) is 29.8 Å². The Balaban J connectivity index is 2.94. The number of rotatable bonds is 7. The van der Waals surface area contributed by atoms with Crippen LogP contribution >= 0.6 is 7.60 Å². The average Bonchev–Trinajstić information content (AvgIpc) is 2.31. The van der Waals surface area contributed by atoms with Gasteiger partial charge in [0.05, 0.1) is 5.92 Å². The summed E-state index contributed by atoms with van der Waals surface area (Å²) in [6, 6.07) is 5.89. The molecule has 2 unspecified atom stereocenters. The molecule has 0 radical (unpaired) electrons. The van der Waals surface area contributed by atoms with Crippen molar-refractivity contribution in [3.63, 3.8) is 0 Å². The zero-order valence-electron chi connectivity index (χ0n) is 10.8. The topological polar surface area (TPSA) is 152 Å². The van der Waals surface area contributed by atoms with Gasteiger partial charge in [0.2, 0.25) is 0 Å². The first-order valence-corrected chi connectivity index (χ1v) is 7.60. The van der Waals surface area contributed by atoms with Crippen LogP contribution in [0.4, 0.5) is 0 Å². The van der Waals surface area contributed by atoms with Crippen LogP contribution in [0.3, 0.4) is 0 Å². The van der Waals surface area contributed by atoms with E-state index >= 15 is 0 Å². The van der Waals surface area contributed by atoms with Gasteiger partial charge in [0, 0.05) is 0 Å². The molecule has 0 fully saturated rings. The van der Waals surface area contributed by atoms with E-state index in [1.54, 1.807) is 6.07 Å². The molecule has 0 amide bonds. The molecular weight excluding hydrogens is 303 g/mol. The van der Waals surface area contributed by atoms with Crippen molar-refractivity contribution in [2.24, 2.45) is 5.92 Å². The molecule has 0 saturated carbocycles. The molecule has 116 valence electrons. The summed E-state index contributed by atoms with van der Waals surface area (Å²) in [5, 5.41) is 27.2. The van der Waals surface area contributed by atoms with Crippen molar-refractivity contribution in [1.29, 1.82) is 0 Å². The summed E-state index contributed by atoms with van der Waals surface area (Å²) in [6.07, 6.45) is -0.212. The minimum atomic E-state index is -5.10. The molecule has 0 saturated heterocycles. The molecule has 8 nitrogen and oxygen atoms in total. The van der Waals surface area contributed by atoms with Crippen molar-refractivity contribution in [2.75, 3.05) is 0 Å². The Kier molecular flexibility index (Phi) is 5.48. The van der Waals surface area contributed by atoms with Crippen LogP contribution in [0, 0.1) is 5.92 Å². The Bertz CT molecular complexity index is 578. The molecule has 0 spiro atoms. The van der Waals surface area contributed by atoms with Crippen molar-refractivity contribution < 1.29 is 39.3 Å². The number of carboxylic acid groups (broad SMARTS) is 2. The molecule has 21 heavy (non-hydrogen) atoms. The zero-order valence-corrected chi connectivity index (χ0v) is 11.7. The lowest BCUT2D eigenvalue weighted by Gasteiger charge is -2.21. The maximum absolute atomic E-state index is 11.2. The molecular formula is C12H15O8P. The van der Waals surface area contributed by atoms with Crippen LogP contribution in [0.25, 0.3) is 0 Å². The number of hydrogen-bond donors (Lipinski definition) is 5. The molecule has 5 N–H and O–H groups in total. The normalized spacial score (nSPS) is 14.4.